The van der Waals surface area contributed by atoms with Crippen molar-refractivity contribution in [3.05, 3.63) is 66.2 Å². The van der Waals surface area contributed by atoms with Crippen LogP contribution in [0.2, 0.25) is 0 Å². The van der Waals surface area contributed by atoms with Gasteiger partial charge in [-0.25, -0.2) is 0 Å². The van der Waals surface area contributed by atoms with Gasteiger partial charge in [-0.1, -0.05) is 36.4 Å². The number of para-hydroxylation sites is 1. The molecule has 0 saturated carbocycles. The van der Waals surface area contributed by atoms with Crippen LogP contribution in [0.1, 0.15) is 19.4 Å². The average Bonchev–Trinajstić information content (AvgIpc) is 2.54. The minimum absolute atomic E-state index is 0.311. The molecule has 3 heteroatoms. The number of benzene rings is 2. The lowest BCUT2D eigenvalue weighted by atomic mass is 10.2. The molecular formula is C19H22O3. The Kier molecular flexibility index (Phi) is 6.68. The molecule has 0 unspecified atom stereocenters. The van der Waals surface area contributed by atoms with Crippen LogP contribution in [0, 0.1) is 0 Å². The van der Waals surface area contributed by atoms with Crippen LogP contribution in [0.25, 0.3) is 6.08 Å². The standard InChI is InChI=1S/C19H22O3/c1-3-20-19(21-4-2)14-13-16-9-8-12-18(15-16)22-17-10-6-5-7-11-17/h5-15,19H,3-4H2,1-2H3. The summed E-state index contributed by atoms with van der Waals surface area (Å²) in [6.45, 7) is 5.14. The minimum Gasteiger partial charge on any atom is -0.457 e. The molecule has 2 aromatic rings. The highest BCUT2D eigenvalue weighted by atomic mass is 16.7. The van der Waals surface area contributed by atoms with E-state index in [-0.39, 0.29) is 6.29 Å². The number of hydrogen-bond donors (Lipinski definition) is 0. The molecule has 2 rings (SSSR count). The van der Waals surface area contributed by atoms with Crippen molar-refractivity contribution in [1.82, 2.24) is 0 Å². The lowest BCUT2D eigenvalue weighted by Gasteiger charge is -2.12. The summed E-state index contributed by atoms with van der Waals surface area (Å²) in [5.41, 5.74) is 1.04. The molecule has 0 aliphatic rings. The fourth-order valence-electron chi connectivity index (χ4n) is 1.98. The quantitative estimate of drug-likeness (QED) is 0.649. The maximum Gasteiger partial charge on any atom is 0.177 e. The fourth-order valence-corrected chi connectivity index (χ4v) is 1.98. The topological polar surface area (TPSA) is 27.7 Å². The van der Waals surface area contributed by atoms with Crippen molar-refractivity contribution in [2.45, 2.75) is 20.1 Å². The highest BCUT2D eigenvalue weighted by Crippen LogP contribution is 2.22. The van der Waals surface area contributed by atoms with Crippen molar-refractivity contribution < 1.29 is 14.2 Å². The van der Waals surface area contributed by atoms with Gasteiger partial charge in [0, 0.05) is 13.2 Å². The summed E-state index contributed by atoms with van der Waals surface area (Å²) in [4.78, 5) is 0. The second-order valence-electron chi connectivity index (χ2n) is 4.63. The van der Waals surface area contributed by atoms with Gasteiger partial charge in [0.25, 0.3) is 0 Å². The summed E-state index contributed by atoms with van der Waals surface area (Å²) in [6.07, 6.45) is 3.58. The van der Waals surface area contributed by atoms with E-state index < -0.39 is 0 Å². The molecule has 0 heterocycles. The second kappa shape index (κ2) is 9.03. The zero-order valence-corrected chi connectivity index (χ0v) is 13.1. The van der Waals surface area contributed by atoms with Crippen molar-refractivity contribution in [1.29, 1.82) is 0 Å². The Morgan fingerprint density at radius 2 is 1.55 bits per heavy atom. The zero-order chi connectivity index (χ0) is 15.6. The largest absolute Gasteiger partial charge is 0.457 e. The maximum atomic E-state index is 5.82. The third kappa shape index (κ3) is 5.35. The van der Waals surface area contributed by atoms with Crippen LogP contribution in [0.4, 0.5) is 0 Å². The first kappa shape index (κ1) is 16.3. The lowest BCUT2D eigenvalue weighted by molar-refractivity contribution is -0.103. The molecule has 0 bridgehead atoms. The van der Waals surface area contributed by atoms with Gasteiger partial charge in [0.1, 0.15) is 11.5 Å². The van der Waals surface area contributed by atoms with E-state index in [1.54, 1.807) is 0 Å². The molecule has 0 spiro atoms. The van der Waals surface area contributed by atoms with Crippen molar-refractivity contribution in [3.8, 4) is 11.5 Å². The zero-order valence-electron chi connectivity index (χ0n) is 13.1. The van der Waals surface area contributed by atoms with Crippen molar-refractivity contribution >= 4 is 6.08 Å². The van der Waals surface area contributed by atoms with Crippen LogP contribution in [0.5, 0.6) is 11.5 Å². The minimum atomic E-state index is -0.311. The molecule has 0 aliphatic carbocycles. The first-order chi connectivity index (χ1) is 10.8. The molecule has 0 amide bonds. The molecule has 0 N–H and O–H groups in total. The van der Waals surface area contributed by atoms with Gasteiger partial charge in [0.05, 0.1) is 0 Å². The van der Waals surface area contributed by atoms with Crippen LogP contribution < -0.4 is 4.74 Å². The molecule has 0 saturated heterocycles. The molecule has 0 aliphatic heterocycles. The second-order valence-corrected chi connectivity index (χ2v) is 4.63. The van der Waals surface area contributed by atoms with Crippen LogP contribution in [0.15, 0.2) is 60.7 Å². The Labute approximate surface area is 132 Å². The molecule has 22 heavy (non-hydrogen) atoms. The smallest absolute Gasteiger partial charge is 0.177 e. The number of hydrogen-bond acceptors (Lipinski definition) is 3. The van der Waals surface area contributed by atoms with Crippen LogP contribution in [-0.4, -0.2) is 19.5 Å². The van der Waals surface area contributed by atoms with Gasteiger partial charge in [-0.15, -0.1) is 0 Å². The third-order valence-electron chi connectivity index (χ3n) is 2.94. The first-order valence-corrected chi connectivity index (χ1v) is 7.56. The summed E-state index contributed by atoms with van der Waals surface area (Å²) in [5.74, 6) is 1.63. The summed E-state index contributed by atoms with van der Waals surface area (Å²) in [5, 5.41) is 0. The summed E-state index contributed by atoms with van der Waals surface area (Å²) in [7, 11) is 0. The Hall–Kier alpha value is -2.10. The monoisotopic (exact) mass is 298 g/mol. The van der Waals surface area contributed by atoms with Crippen LogP contribution in [-0.2, 0) is 9.47 Å². The molecule has 2 aromatic carbocycles. The predicted molar refractivity (Wildman–Crippen MR) is 89.0 cm³/mol. The van der Waals surface area contributed by atoms with Gasteiger partial charge < -0.3 is 14.2 Å². The Bertz CT molecular complexity index is 572. The molecule has 116 valence electrons. The molecule has 3 nitrogen and oxygen atoms in total. The van der Waals surface area contributed by atoms with E-state index in [9.17, 15) is 0 Å². The molecule has 0 aromatic heterocycles. The number of rotatable bonds is 8. The van der Waals surface area contributed by atoms with E-state index in [0.717, 1.165) is 17.1 Å². The van der Waals surface area contributed by atoms with E-state index in [0.29, 0.717) is 13.2 Å². The highest BCUT2D eigenvalue weighted by molar-refractivity contribution is 5.52. The van der Waals surface area contributed by atoms with Gasteiger partial charge >= 0.3 is 0 Å². The normalized spacial score (nSPS) is 11.2. The van der Waals surface area contributed by atoms with E-state index in [1.165, 1.54) is 0 Å². The molecule has 0 fully saturated rings. The fraction of sp³-hybridized carbons (Fsp3) is 0.263. The SMILES string of the molecule is CCOC(C=Cc1cccc(Oc2ccccc2)c1)OCC. The Balaban J connectivity index is 2.04. The lowest BCUT2D eigenvalue weighted by Crippen LogP contribution is -2.13. The first-order valence-electron chi connectivity index (χ1n) is 7.56. The van der Waals surface area contributed by atoms with Crippen molar-refractivity contribution in [3.63, 3.8) is 0 Å². The van der Waals surface area contributed by atoms with Crippen LogP contribution in [0.3, 0.4) is 0 Å². The van der Waals surface area contributed by atoms with Crippen molar-refractivity contribution in [2.24, 2.45) is 0 Å². The van der Waals surface area contributed by atoms with Gasteiger partial charge in [-0.05, 0) is 49.8 Å². The highest BCUT2D eigenvalue weighted by Gasteiger charge is 2.02. The van der Waals surface area contributed by atoms with Gasteiger partial charge in [0.15, 0.2) is 6.29 Å². The Morgan fingerprint density at radius 3 is 2.23 bits per heavy atom. The maximum absolute atomic E-state index is 5.82. The molecule has 0 radical (unpaired) electrons. The predicted octanol–water partition coefficient (Wildman–Crippen LogP) is 4.89. The Morgan fingerprint density at radius 1 is 0.864 bits per heavy atom. The van der Waals surface area contributed by atoms with E-state index in [4.69, 9.17) is 14.2 Å². The average molecular weight is 298 g/mol. The van der Waals surface area contributed by atoms with Crippen molar-refractivity contribution in [2.75, 3.05) is 13.2 Å². The van der Waals surface area contributed by atoms with Gasteiger partial charge in [0.2, 0.25) is 0 Å². The van der Waals surface area contributed by atoms with Gasteiger partial charge in [-0.3, -0.25) is 0 Å². The summed E-state index contributed by atoms with van der Waals surface area (Å²) in [6, 6.07) is 17.6. The van der Waals surface area contributed by atoms with Gasteiger partial charge in [-0.2, -0.15) is 0 Å². The molecule has 0 atom stereocenters. The third-order valence-corrected chi connectivity index (χ3v) is 2.94. The van der Waals surface area contributed by atoms with E-state index >= 15 is 0 Å². The molecular weight excluding hydrogens is 276 g/mol. The summed E-state index contributed by atoms with van der Waals surface area (Å²) < 4.78 is 16.8. The summed E-state index contributed by atoms with van der Waals surface area (Å²) >= 11 is 0. The number of ether oxygens (including phenoxy) is 3. The van der Waals surface area contributed by atoms with E-state index in [2.05, 4.69) is 0 Å². The van der Waals surface area contributed by atoms with Crippen LogP contribution >= 0.6 is 0 Å². The van der Waals surface area contributed by atoms with E-state index in [1.807, 2.05) is 80.6 Å².